The van der Waals surface area contributed by atoms with E-state index in [1.165, 1.54) is 0 Å². The zero-order valence-electron chi connectivity index (χ0n) is 9.28. The Balaban J connectivity index is 2.23. The Hall–Kier alpha value is -0.610. The first-order chi connectivity index (χ1) is 7.15. The van der Waals surface area contributed by atoms with Crippen LogP contribution in [0.1, 0.15) is 32.6 Å². The van der Waals surface area contributed by atoms with Gasteiger partial charge in [-0.25, -0.2) is 0 Å². The van der Waals surface area contributed by atoms with Crippen LogP contribution in [-0.4, -0.2) is 35.4 Å². The first-order valence-electron chi connectivity index (χ1n) is 5.76. The van der Waals surface area contributed by atoms with Gasteiger partial charge in [-0.3, -0.25) is 4.79 Å². The Morgan fingerprint density at radius 1 is 1.53 bits per heavy atom. The molecule has 0 aromatic carbocycles. The van der Waals surface area contributed by atoms with Crippen molar-refractivity contribution in [1.82, 2.24) is 5.32 Å². The molecule has 0 aliphatic heterocycles. The molecule has 3 unspecified atom stereocenters. The third-order valence-electron chi connectivity index (χ3n) is 3.23. The highest BCUT2D eigenvalue weighted by Gasteiger charge is 2.32. The van der Waals surface area contributed by atoms with Gasteiger partial charge in [-0.2, -0.15) is 0 Å². The number of nitrogens with one attached hydrogen (secondary N) is 1. The normalized spacial score (nSPS) is 27.9. The maximum Gasteiger partial charge on any atom is 0.306 e. The van der Waals surface area contributed by atoms with Crippen LogP contribution >= 0.6 is 0 Å². The van der Waals surface area contributed by atoms with Crippen LogP contribution in [0.25, 0.3) is 0 Å². The lowest BCUT2D eigenvalue weighted by molar-refractivity contribution is -0.142. The van der Waals surface area contributed by atoms with E-state index in [0.717, 1.165) is 25.7 Å². The SMILES string of the molecule is CCC(O)CNCC1CCCC1C(=O)O. The van der Waals surface area contributed by atoms with Crippen molar-refractivity contribution >= 4 is 5.97 Å². The Labute approximate surface area is 90.7 Å². The molecule has 0 bridgehead atoms. The smallest absolute Gasteiger partial charge is 0.306 e. The highest BCUT2D eigenvalue weighted by Crippen LogP contribution is 2.31. The largest absolute Gasteiger partial charge is 0.481 e. The summed E-state index contributed by atoms with van der Waals surface area (Å²) in [6, 6.07) is 0. The summed E-state index contributed by atoms with van der Waals surface area (Å²) in [5.41, 5.74) is 0. The summed E-state index contributed by atoms with van der Waals surface area (Å²) in [6.07, 6.45) is 3.24. The maximum absolute atomic E-state index is 10.9. The van der Waals surface area contributed by atoms with Gasteiger partial charge in [0.05, 0.1) is 12.0 Å². The second-order valence-corrected chi connectivity index (χ2v) is 4.36. The Bertz CT molecular complexity index is 208. The quantitative estimate of drug-likeness (QED) is 0.614. The van der Waals surface area contributed by atoms with Crippen LogP contribution in [0, 0.1) is 11.8 Å². The van der Waals surface area contributed by atoms with Crippen LogP contribution in [0.2, 0.25) is 0 Å². The van der Waals surface area contributed by atoms with Crippen LogP contribution in [-0.2, 0) is 4.79 Å². The van der Waals surface area contributed by atoms with Gasteiger partial charge in [0.1, 0.15) is 0 Å². The molecule has 1 rings (SSSR count). The lowest BCUT2D eigenvalue weighted by atomic mass is 9.96. The number of hydrogen-bond donors (Lipinski definition) is 3. The fourth-order valence-electron chi connectivity index (χ4n) is 2.19. The summed E-state index contributed by atoms with van der Waals surface area (Å²) in [7, 11) is 0. The molecular formula is C11H21NO3. The van der Waals surface area contributed by atoms with Crippen molar-refractivity contribution in [1.29, 1.82) is 0 Å². The lowest BCUT2D eigenvalue weighted by Gasteiger charge is -2.17. The van der Waals surface area contributed by atoms with Crippen molar-refractivity contribution in [3.05, 3.63) is 0 Å². The van der Waals surface area contributed by atoms with E-state index in [4.69, 9.17) is 5.11 Å². The molecule has 0 saturated heterocycles. The van der Waals surface area contributed by atoms with E-state index in [1.807, 2.05) is 6.92 Å². The maximum atomic E-state index is 10.9. The molecule has 0 aromatic heterocycles. The van der Waals surface area contributed by atoms with Crippen LogP contribution in [0.15, 0.2) is 0 Å². The summed E-state index contributed by atoms with van der Waals surface area (Å²) in [4.78, 5) is 10.9. The fourth-order valence-corrected chi connectivity index (χ4v) is 2.19. The molecule has 1 aliphatic rings. The molecule has 1 saturated carbocycles. The summed E-state index contributed by atoms with van der Waals surface area (Å²) >= 11 is 0. The van der Waals surface area contributed by atoms with Gasteiger partial charge in [0.25, 0.3) is 0 Å². The second kappa shape index (κ2) is 6.08. The number of aliphatic hydroxyl groups is 1. The average molecular weight is 215 g/mol. The summed E-state index contributed by atoms with van der Waals surface area (Å²) in [6.45, 7) is 3.22. The number of hydrogen-bond acceptors (Lipinski definition) is 3. The van der Waals surface area contributed by atoms with Crippen LogP contribution < -0.4 is 5.32 Å². The van der Waals surface area contributed by atoms with Gasteiger partial charge >= 0.3 is 5.97 Å². The van der Waals surface area contributed by atoms with Crippen molar-refractivity contribution in [2.75, 3.05) is 13.1 Å². The van der Waals surface area contributed by atoms with Gasteiger partial charge in [0.15, 0.2) is 0 Å². The number of carboxylic acid groups (broad SMARTS) is 1. The molecule has 4 nitrogen and oxygen atoms in total. The molecule has 3 N–H and O–H groups in total. The minimum atomic E-state index is -0.671. The number of aliphatic carboxylic acids is 1. The van der Waals surface area contributed by atoms with Crippen molar-refractivity contribution in [2.24, 2.45) is 11.8 Å². The van der Waals surface area contributed by atoms with E-state index in [9.17, 15) is 9.90 Å². The summed E-state index contributed by atoms with van der Waals surface area (Å²) < 4.78 is 0. The highest BCUT2D eigenvalue weighted by molar-refractivity contribution is 5.70. The average Bonchev–Trinajstić information content (AvgIpc) is 2.65. The molecule has 4 heteroatoms. The minimum Gasteiger partial charge on any atom is -0.481 e. The third kappa shape index (κ3) is 3.80. The van der Waals surface area contributed by atoms with Crippen molar-refractivity contribution in [3.8, 4) is 0 Å². The first-order valence-corrected chi connectivity index (χ1v) is 5.76. The molecule has 0 amide bonds. The van der Waals surface area contributed by atoms with Crippen LogP contribution in [0.5, 0.6) is 0 Å². The van der Waals surface area contributed by atoms with Gasteiger partial charge in [0, 0.05) is 6.54 Å². The third-order valence-corrected chi connectivity index (χ3v) is 3.23. The Morgan fingerprint density at radius 2 is 2.27 bits per heavy atom. The number of aliphatic hydroxyl groups excluding tert-OH is 1. The predicted molar refractivity (Wildman–Crippen MR) is 57.6 cm³/mol. The van der Waals surface area contributed by atoms with Gasteiger partial charge < -0.3 is 15.5 Å². The van der Waals surface area contributed by atoms with Crippen LogP contribution in [0.4, 0.5) is 0 Å². The minimum absolute atomic E-state index is 0.184. The van der Waals surface area contributed by atoms with E-state index in [0.29, 0.717) is 13.1 Å². The van der Waals surface area contributed by atoms with E-state index in [1.54, 1.807) is 0 Å². The van der Waals surface area contributed by atoms with Crippen molar-refractivity contribution in [2.45, 2.75) is 38.7 Å². The molecule has 15 heavy (non-hydrogen) atoms. The second-order valence-electron chi connectivity index (χ2n) is 4.36. The zero-order valence-corrected chi connectivity index (χ0v) is 9.28. The topological polar surface area (TPSA) is 69.6 Å². The molecule has 0 spiro atoms. The Kier molecular flexibility index (Phi) is 5.05. The molecule has 88 valence electrons. The predicted octanol–water partition coefficient (Wildman–Crippen LogP) is 0.848. The van der Waals surface area contributed by atoms with Crippen LogP contribution in [0.3, 0.4) is 0 Å². The molecule has 3 atom stereocenters. The molecule has 0 heterocycles. The van der Waals surface area contributed by atoms with Gasteiger partial charge in [-0.15, -0.1) is 0 Å². The fraction of sp³-hybridized carbons (Fsp3) is 0.909. The van der Waals surface area contributed by atoms with E-state index in [-0.39, 0.29) is 17.9 Å². The lowest BCUT2D eigenvalue weighted by Crippen LogP contribution is -2.33. The van der Waals surface area contributed by atoms with Crippen molar-refractivity contribution < 1.29 is 15.0 Å². The summed E-state index contributed by atoms with van der Waals surface area (Å²) in [5.74, 6) is -0.613. The van der Waals surface area contributed by atoms with E-state index < -0.39 is 5.97 Å². The molecule has 0 aromatic rings. The zero-order chi connectivity index (χ0) is 11.3. The van der Waals surface area contributed by atoms with E-state index >= 15 is 0 Å². The molecular weight excluding hydrogens is 194 g/mol. The highest BCUT2D eigenvalue weighted by atomic mass is 16.4. The van der Waals surface area contributed by atoms with Gasteiger partial charge in [0.2, 0.25) is 0 Å². The van der Waals surface area contributed by atoms with Gasteiger partial charge in [-0.05, 0) is 31.7 Å². The first kappa shape index (κ1) is 12.5. The number of carboxylic acids is 1. The monoisotopic (exact) mass is 215 g/mol. The molecule has 0 radical (unpaired) electrons. The number of carbonyl (C=O) groups is 1. The molecule has 1 fully saturated rings. The van der Waals surface area contributed by atoms with E-state index in [2.05, 4.69) is 5.32 Å². The van der Waals surface area contributed by atoms with Crippen molar-refractivity contribution in [3.63, 3.8) is 0 Å². The number of rotatable bonds is 6. The Morgan fingerprint density at radius 3 is 2.87 bits per heavy atom. The standard InChI is InChI=1S/C11H21NO3/c1-2-9(13)7-12-6-8-4-3-5-10(8)11(14)15/h8-10,12-13H,2-7H2,1H3,(H,14,15). The van der Waals surface area contributed by atoms with Gasteiger partial charge in [-0.1, -0.05) is 13.3 Å². The summed E-state index contributed by atoms with van der Waals surface area (Å²) in [5, 5.41) is 21.4. The molecule has 1 aliphatic carbocycles.